The summed E-state index contributed by atoms with van der Waals surface area (Å²) >= 11 is 5.88. The van der Waals surface area contributed by atoms with Crippen LogP contribution in [0.4, 0.5) is 0 Å². The fraction of sp³-hybridized carbons (Fsp3) is 0.545. The van der Waals surface area contributed by atoms with Crippen LogP contribution >= 0.6 is 11.6 Å². The normalized spacial score (nSPS) is 13.9. The van der Waals surface area contributed by atoms with Crippen LogP contribution in [0.25, 0.3) is 0 Å². The largest absolute Gasteiger partial charge is 0.263 e. The second-order valence-electron chi connectivity index (χ2n) is 4.11. The lowest BCUT2D eigenvalue weighted by molar-refractivity contribution is 0.393. The van der Waals surface area contributed by atoms with Crippen molar-refractivity contribution in [2.45, 2.75) is 25.2 Å². The second kappa shape index (κ2) is 5.80. The number of hydrogen-bond donors (Lipinski definition) is 0. The molecule has 0 aliphatic heterocycles. The molecular formula is C11H17ClN2O2S. The zero-order valence-corrected chi connectivity index (χ0v) is 11.8. The van der Waals surface area contributed by atoms with E-state index in [1.165, 1.54) is 22.8 Å². The van der Waals surface area contributed by atoms with Gasteiger partial charge in [0.1, 0.15) is 4.90 Å². The van der Waals surface area contributed by atoms with Crippen LogP contribution in [0.5, 0.6) is 0 Å². The summed E-state index contributed by atoms with van der Waals surface area (Å²) in [5.41, 5.74) is 0. The summed E-state index contributed by atoms with van der Waals surface area (Å²) in [6, 6.07) is 1.48. The molecule has 1 rings (SSSR count). The first-order valence-corrected chi connectivity index (χ1v) is 7.27. The van der Waals surface area contributed by atoms with Gasteiger partial charge in [-0.25, -0.2) is 12.7 Å². The zero-order chi connectivity index (χ0) is 13.1. The van der Waals surface area contributed by atoms with E-state index in [1.807, 2.05) is 13.8 Å². The molecule has 6 heteroatoms. The van der Waals surface area contributed by atoms with Gasteiger partial charge in [-0.05, 0) is 12.0 Å². The summed E-state index contributed by atoms with van der Waals surface area (Å²) in [6.45, 7) is 4.52. The van der Waals surface area contributed by atoms with E-state index in [-0.39, 0.29) is 9.92 Å². The molecular weight excluding hydrogens is 260 g/mol. The Hall–Kier alpha value is -0.650. The minimum atomic E-state index is -3.54. The molecule has 17 heavy (non-hydrogen) atoms. The Kier molecular flexibility index (Phi) is 4.91. The van der Waals surface area contributed by atoms with E-state index < -0.39 is 10.0 Å². The molecule has 0 aromatic carbocycles. The van der Waals surface area contributed by atoms with Gasteiger partial charge < -0.3 is 0 Å². The molecule has 0 N–H and O–H groups in total. The number of halogens is 1. The van der Waals surface area contributed by atoms with Crippen molar-refractivity contribution in [2.24, 2.45) is 5.92 Å². The lowest BCUT2D eigenvalue weighted by Gasteiger charge is -2.20. The fourth-order valence-electron chi connectivity index (χ4n) is 1.39. The first kappa shape index (κ1) is 14.4. The van der Waals surface area contributed by atoms with Crippen molar-refractivity contribution in [1.29, 1.82) is 0 Å². The molecule has 1 atom stereocenters. The second-order valence-corrected chi connectivity index (χ2v) is 6.53. The van der Waals surface area contributed by atoms with Crippen LogP contribution in [-0.4, -0.2) is 31.3 Å². The van der Waals surface area contributed by atoms with Crippen LogP contribution in [0.3, 0.4) is 0 Å². The molecule has 0 bridgehead atoms. The Morgan fingerprint density at radius 3 is 2.71 bits per heavy atom. The van der Waals surface area contributed by atoms with Gasteiger partial charge in [-0.15, -0.1) is 0 Å². The fourth-order valence-corrected chi connectivity index (χ4v) is 3.08. The number of nitrogens with zero attached hydrogens (tertiary/aromatic N) is 2. The van der Waals surface area contributed by atoms with Gasteiger partial charge in [-0.2, -0.15) is 0 Å². The highest BCUT2D eigenvalue weighted by atomic mass is 35.5. The van der Waals surface area contributed by atoms with E-state index in [1.54, 1.807) is 7.05 Å². The molecule has 4 nitrogen and oxygen atoms in total. The Bertz CT molecular complexity index is 476. The highest BCUT2D eigenvalue weighted by molar-refractivity contribution is 7.89. The standard InChI is InChI=1S/C11H17ClN2O2S/c1-4-9(2)8-14(3)17(15,16)11-7-13-6-5-10(11)12/h5-7,9H,4,8H2,1-3H3. The van der Waals surface area contributed by atoms with Gasteiger partial charge in [0, 0.05) is 26.0 Å². The van der Waals surface area contributed by atoms with Crippen molar-refractivity contribution >= 4 is 21.6 Å². The molecule has 0 fully saturated rings. The first-order chi connectivity index (χ1) is 7.89. The van der Waals surface area contributed by atoms with E-state index >= 15 is 0 Å². The summed E-state index contributed by atoms with van der Waals surface area (Å²) in [4.78, 5) is 3.87. The third-order valence-corrected chi connectivity index (χ3v) is 4.98. The van der Waals surface area contributed by atoms with Gasteiger partial charge >= 0.3 is 0 Å². The minimum Gasteiger partial charge on any atom is -0.263 e. The van der Waals surface area contributed by atoms with E-state index in [2.05, 4.69) is 4.98 Å². The first-order valence-electron chi connectivity index (χ1n) is 5.45. The topological polar surface area (TPSA) is 50.3 Å². The van der Waals surface area contributed by atoms with Crippen LogP contribution in [-0.2, 0) is 10.0 Å². The van der Waals surface area contributed by atoms with Crippen molar-refractivity contribution in [2.75, 3.05) is 13.6 Å². The lowest BCUT2D eigenvalue weighted by atomic mass is 10.1. The van der Waals surface area contributed by atoms with Gasteiger partial charge in [0.25, 0.3) is 0 Å². The number of hydrogen-bond acceptors (Lipinski definition) is 3. The highest BCUT2D eigenvalue weighted by Gasteiger charge is 2.24. The lowest BCUT2D eigenvalue weighted by Crippen LogP contribution is -2.31. The Morgan fingerprint density at radius 1 is 1.53 bits per heavy atom. The maximum absolute atomic E-state index is 12.2. The van der Waals surface area contributed by atoms with E-state index in [0.29, 0.717) is 12.5 Å². The van der Waals surface area contributed by atoms with Crippen molar-refractivity contribution in [1.82, 2.24) is 9.29 Å². The van der Waals surface area contributed by atoms with E-state index in [4.69, 9.17) is 11.6 Å². The zero-order valence-electron chi connectivity index (χ0n) is 10.2. The average Bonchev–Trinajstić information content (AvgIpc) is 2.29. The van der Waals surface area contributed by atoms with E-state index in [9.17, 15) is 8.42 Å². The summed E-state index contributed by atoms with van der Waals surface area (Å²) in [5, 5.41) is 0.205. The molecule has 1 aromatic heterocycles. The number of aromatic nitrogens is 1. The third kappa shape index (κ3) is 3.40. The van der Waals surface area contributed by atoms with Crippen LogP contribution in [0.1, 0.15) is 20.3 Å². The number of sulfonamides is 1. The third-order valence-electron chi connectivity index (χ3n) is 2.69. The SMILES string of the molecule is CCC(C)CN(C)S(=O)(=O)c1cnccc1Cl. The van der Waals surface area contributed by atoms with Crippen molar-refractivity contribution in [3.05, 3.63) is 23.5 Å². The van der Waals surface area contributed by atoms with Crippen molar-refractivity contribution in [3.63, 3.8) is 0 Å². The van der Waals surface area contributed by atoms with Crippen molar-refractivity contribution in [3.8, 4) is 0 Å². The quantitative estimate of drug-likeness (QED) is 0.830. The molecule has 1 aromatic rings. The summed E-state index contributed by atoms with van der Waals surface area (Å²) < 4.78 is 25.7. The van der Waals surface area contributed by atoms with Crippen LogP contribution < -0.4 is 0 Å². The summed E-state index contributed by atoms with van der Waals surface area (Å²) in [5.74, 6) is 0.310. The molecule has 0 spiro atoms. The monoisotopic (exact) mass is 276 g/mol. The molecule has 0 amide bonds. The molecule has 1 heterocycles. The Balaban J connectivity index is 3.00. The predicted molar refractivity (Wildman–Crippen MR) is 68.5 cm³/mol. The van der Waals surface area contributed by atoms with Gasteiger partial charge in [0.2, 0.25) is 10.0 Å². The van der Waals surface area contributed by atoms with Crippen LogP contribution in [0.15, 0.2) is 23.4 Å². The molecule has 1 unspecified atom stereocenters. The minimum absolute atomic E-state index is 0.0625. The maximum atomic E-state index is 12.2. The molecule has 96 valence electrons. The number of rotatable bonds is 5. The summed E-state index contributed by atoms with van der Waals surface area (Å²) in [7, 11) is -1.98. The smallest absolute Gasteiger partial charge is 0.245 e. The summed E-state index contributed by atoms with van der Waals surface area (Å²) in [6.07, 6.45) is 3.68. The van der Waals surface area contributed by atoms with Gasteiger partial charge in [-0.1, -0.05) is 31.9 Å². The van der Waals surface area contributed by atoms with Gasteiger partial charge in [0.15, 0.2) is 0 Å². The molecule has 0 aliphatic rings. The van der Waals surface area contributed by atoms with E-state index in [0.717, 1.165) is 6.42 Å². The van der Waals surface area contributed by atoms with Gasteiger partial charge in [-0.3, -0.25) is 4.98 Å². The molecule has 0 saturated carbocycles. The Labute approximate surface area is 108 Å². The van der Waals surface area contributed by atoms with Gasteiger partial charge in [0.05, 0.1) is 5.02 Å². The molecule has 0 aliphatic carbocycles. The average molecular weight is 277 g/mol. The number of pyridine rings is 1. The molecule has 0 saturated heterocycles. The molecule has 0 radical (unpaired) electrons. The van der Waals surface area contributed by atoms with Crippen molar-refractivity contribution < 1.29 is 8.42 Å². The maximum Gasteiger partial charge on any atom is 0.245 e. The van der Waals surface area contributed by atoms with Crippen LogP contribution in [0, 0.1) is 5.92 Å². The Morgan fingerprint density at radius 2 is 2.18 bits per heavy atom. The highest BCUT2D eigenvalue weighted by Crippen LogP contribution is 2.23. The van der Waals surface area contributed by atoms with Crippen LogP contribution in [0.2, 0.25) is 5.02 Å². The predicted octanol–water partition coefficient (Wildman–Crippen LogP) is 2.40.